The van der Waals surface area contributed by atoms with Crippen molar-refractivity contribution in [3.8, 4) is 0 Å². The first-order chi connectivity index (χ1) is 5.57. The number of carbonyl (C=O) groups excluding carboxylic acids is 1. The smallest absolute Gasteiger partial charge is 0.335 e. The van der Waals surface area contributed by atoms with Crippen LogP contribution in [0.4, 0.5) is 0 Å². The lowest BCUT2D eigenvalue weighted by Gasteiger charge is -2.10. The van der Waals surface area contributed by atoms with E-state index in [2.05, 4.69) is 11.3 Å². The topological polar surface area (TPSA) is 44.8 Å². The highest BCUT2D eigenvalue weighted by atomic mass is 16.8. The summed E-state index contributed by atoms with van der Waals surface area (Å²) in [6.45, 7) is 6.58. The van der Waals surface area contributed by atoms with Crippen molar-refractivity contribution in [2.45, 2.75) is 20.1 Å². The molecule has 4 heteroatoms. The SMILES string of the molecule is C=C(C)C(=O)OCOC(C)OC. The Bertz CT molecular complexity index is 164. The molecule has 0 spiro atoms. The van der Waals surface area contributed by atoms with Gasteiger partial charge in [-0.1, -0.05) is 6.58 Å². The average Bonchev–Trinajstić information content (AvgIpc) is 2.03. The van der Waals surface area contributed by atoms with Crippen molar-refractivity contribution in [1.29, 1.82) is 0 Å². The van der Waals surface area contributed by atoms with Gasteiger partial charge in [0.1, 0.15) is 0 Å². The fourth-order valence-corrected chi connectivity index (χ4v) is 0.375. The number of rotatable bonds is 5. The number of hydrogen-bond acceptors (Lipinski definition) is 4. The fraction of sp³-hybridized carbons (Fsp3) is 0.625. The molecule has 0 bridgehead atoms. The van der Waals surface area contributed by atoms with Gasteiger partial charge in [-0.15, -0.1) is 0 Å². The van der Waals surface area contributed by atoms with Crippen LogP contribution in [-0.4, -0.2) is 26.2 Å². The Labute approximate surface area is 72.1 Å². The standard InChI is InChI=1S/C8H14O4/c1-6(2)8(9)12-5-11-7(3)10-4/h7H,1,5H2,2-4H3. The van der Waals surface area contributed by atoms with Crippen molar-refractivity contribution in [3.05, 3.63) is 12.2 Å². The number of hydrogen-bond donors (Lipinski definition) is 0. The highest BCUT2D eigenvalue weighted by Gasteiger charge is 2.04. The molecule has 1 atom stereocenters. The summed E-state index contributed by atoms with van der Waals surface area (Å²) >= 11 is 0. The van der Waals surface area contributed by atoms with E-state index >= 15 is 0 Å². The van der Waals surface area contributed by atoms with E-state index in [9.17, 15) is 4.79 Å². The zero-order valence-corrected chi connectivity index (χ0v) is 7.62. The van der Waals surface area contributed by atoms with E-state index in [-0.39, 0.29) is 13.1 Å². The van der Waals surface area contributed by atoms with E-state index < -0.39 is 5.97 Å². The maximum atomic E-state index is 10.8. The zero-order valence-electron chi connectivity index (χ0n) is 7.62. The molecule has 0 N–H and O–H groups in total. The second-order valence-electron chi connectivity index (χ2n) is 2.30. The maximum absolute atomic E-state index is 10.8. The first-order valence-electron chi connectivity index (χ1n) is 3.55. The van der Waals surface area contributed by atoms with E-state index in [1.807, 2.05) is 0 Å². The molecule has 0 heterocycles. The van der Waals surface area contributed by atoms with E-state index in [1.165, 1.54) is 7.11 Å². The third kappa shape index (κ3) is 4.87. The van der Waals surface area contributed by atoms with Gasteiger partial charge in [0.2, 0.25) is 0 Å². The van der Waals surface area contributed by atoms with E-state index in [1.54, 1.807) is 13.8 Å². The molecule has 0 saturated carbocycles. The Hall–Kier alpha value is -0.870. The van der Waals surface area contributed by atoms with Gasteiger partial charge in [-0.2, -0.15) is 0 Å². The minimum atomic E-state index is -0.460. The number of methoxy groups -OCH3 is 1. The molecule has 0 aliphatic carbocycles. The predicted molar refractivity (Wildman–Crippen MR) is 43.3 cm³/mol. The summed E-state index contributed by atoms with van der Waals surface area (Å²) < 4.78 is 14.3. The van der Waals surface area contributed by atoms with Crippen molar-refractivity contribution < 1.29 is 19.0 Å². The number of carbonyl (C=O) groups is 1. The first kappa shape index (κ1) is 11.1. The number of ether oxygens (including phenoxy) is 3. The van der Waals surface area contributed by atoms with Gasteiger partial charge in [0, 0.05) is 12.7 Å². The highest BCUT2D eigenvalue weighted by molar-refractivity contribution is 5.86. The zero-order chi connectivity index (χ0) is 9.56. The Balaban J connectivity index is 3.44. The van der Waals surface area contributed by atoms with Gasteiger partial charge < -0.3 is 14.2 Å². The quantitative estimate of drug-likeness (QED) is 0.355. The van der Waals surface area contributed by atoms with Gasteiger partial charge in [-0.3, -0.25) is 0 Å². The summed E-state index contributed by atoms with van der Waals surface area (Å²) in [7, 11) is 1.51. The molecule has 0 aliphatic rings. The maximum Gasteiger partial charge on any atom is 0.335 e. The van der Waals surface area contributed by atoms with Crippen LogP contribution >= 0.6 is 0 Å². The largest absolute Gasteiger partial charge is 0.435 e. The molecule has 0 saturated heterocycles. The number of esters is 1. The van der Waals surface area contributed by atoms with E-state index in [0.717, 1.165) is 0 Å². The minimum absolute atomic E-state index is 0.110. The lowest BCUT2D eigenvalue weighted by atomic mass is 10.4. The molecule has 12 heavy (non-hydrogen) atoms. The Morgan fingerprint density at radius 2 is 2.17 bits per heavy atom. The predicted octanol–water partition coefficient (Wildman–Crippen LogP) is 1.07. The molecule has 0 fully saturated rings. The van der Waals surface area contributed by atoms with Crippen LogP contribution in [0.1, 0.15) is 13.8 Å². The first-order valence-corrected chi connectivity index (χ1v) is 3.55. The third-order valence-corrected chi connectivity index (χ3v) is 1.17. The van der Waals surface area contributed by atoms with Crippen LogP contribution in [0.3, 0.4) is 0 Å². The van der Waals surface area contributed by atoms with E-state index in [0.29, 0.717) is 5.57 Å². The molecule has 0 rings (SSSR count). The summed E-state index contributed by atoms with van der Waals surface area (Å²) in [4.78, 5) is 10.8. The van der Waals surface area contributed by atoms with Gasteiger partial charge in [0.25, 0.3) is 0 Å². The van der Waals surface area contributed by atoms with Crippen LogP contribution in [-0.2, 0) is 19.0 Å². The molecule has 70 valence electrons. The second kappa shape index (κ2) is 5.74. The van der Waals surface area contributed by atoms with Crippen molar-refractivity contribution in [1.82, 2.24) is 0 Å². The molecular weight excluding hydrogens is 160 g/mol. The fourth-order valence-electron chi connectivity index (χ4n) is 0.375. The van der Waals surface area contributed by atoms with Gasteiger partial charge in [-0.05, 0) is 13.8 Å². The van der Waals surface area contributed by atoms with Gasteiger partial charge >= 0.3 is 5.97 Å². The molecule has 0 aliphatic heterocycles. The molecule has 0 aromatic rings. The van der Waals surface area contributed by atoms with Crippen molar-refractivity contribution >= 4 is 5.97 Å². The van der Waals surface area contributed by atoms with Gasteiger partial charge in [0.05, 0.1) is 0 Å². The normalized spacial score (nSPS) is 12.2. The summed E-state index contributed by atoms with van der Waals surface area (Å²) in [6, 6.07) is 0. The average molecular weight is 174 g/mol. The van der Waals surface area contributed by atoms with Crippen LogP contribution in [0.15, 0.2) is 12.2 Å². The molecular formula is C8H14O4. The lowest BCUT2D eigenvalue weighted by Crippen LogP contribution is -2.15. The summed E-state index contributed by atoms with van der Waals surface area (Å²) in [6.07, 6.45) is -0.372. The molecule has 0 amide bonds. The molecule has 0 radical (unpaired) electrons. The Kier molecular flexibility index (Phi) is 5.32. The second-order valence-corrected chi connectivity index (χ2v) is 2.30. The third-order valence-electron chi connectivity index (χ3n) is 1.17. The summed E-state index contributed by atoms with van der Waals surface area (Å²) in [5.41, 5.74) is 0.351. The van der Waals surface area contributed by atoms with Crippen LogP contribution in [0.25, 0.3) is 0 Å². The molecule has 0 aromatic carbocycles. The van der Waals surface area contributed by atoms with Crippen LogP contribution in [0.5, 0.6) is 0 Å². The minimum Gasteiger partial charge on any atom is -0.435 e. The molecule has 0 aromatic heterocycles. The Morgan fingerprint density at radius 3 is 2.58 bits per heavy atom. The van der Waals surface area contributed by atoms with Crippen LogP contribution in [0, 0.1) is 0 Å². The van der Waals surface area contributed by atoms with Crippen molar-refractivity contribution in [2.24, 2.45) is 0 Å². The Morgan fingerprint density at radius 1 is 1.58 bits per heavy atom. The van der Waals surface area contributed by atoms with Gasteiger partial charge in [0.15, 0.2) is 13.1 Å². The van der Waals surface area contributed by atoms with Gasteiger partial charge in [-0.25, -0.2) is 4.79 Å². The highest BCUT2D eigenvalue weighted by Crippen LogP contribution is 1.95. The monoisotopic (exact) mass is 174 g/mol. The van der Waals surface area contributed by atoms with Crippen molar-refractivity contribution in [2.75, 3.05) is 13.9 Å². The molecule has 4 nitrogen and oxygen atoms in total. The lowest BCUT2D eigenvalue weighted by molar-refractivity contribution is -0.183. The van der Waals surface area contributed by atoms with E-state index in [4.69, 9.17) is 9.47 Å². The summed E-state index contributed by atoms with van der Waals surface area (Å²) in [5.74, 6) is -0.460. The van der Waals surface area contributed by atoms with Crippen LogP contribution in [0.2, 0.25) is 0 Å². The molecule has 1 unspecified atom stereocenters. The van der Waals surface area contributed by atoms with Crippen molar-refractivity contribution in [3.63, 3.8) is 0 Å². The van der Waals surface area contributed by atoms with Crippen LogP contribution < -0.4 is 0 Å². The summed E-state index contributed by atoms with van der Waals surface area (Å²) in [5, 5.41) is 0.